The number of thiophene rings is 1. The number of hydrazine groups is 1. The van der Waals surface area contributed by atoms with E-state index in [1.165, 1.54) is 11.3 Å². The molecule has 0 fully saturated rings. The summed E-state index contributed by atoms with van der Waals surface area (Å²) in [5.41, 5.74) is 7.96. The van der Waals surface area contributed by atoms with Gasteiger partial charge >= 0.3 is 0 Å². The Morgan fingerprint density at radius 1 is 0.900 bits per heavy atom. The minimum absolute atomic E-state index is 0.352. The summed E-state index contributed by atoms with van der Waals surface area (Å²) in [6.45, 7) is 3.81. The molecule has 0 aliphatic rings. The summed E-state index contributed by atoms with van der Waals surface area (Å²) in [5.74, 6) is -0.783. The lowest BCUT2D eigenvalue weighted by Gasteiger charge is -2.12. The van der Waals surface area contributed by atoms with Crippen LogP contribution in [0.3, 0.4) is 0 Å². The van der Waals surface area contributed by atoms with Gasteiger partial charge in [0.1, 0.15) is 0 Å². The van der Waals surface area contributed by atoms with Gasteiger partial charge in [0.15, 0.2) is 0 Å². The topological polar surface area (TPSA) is 71.1 Å². The molecule has 0 unspecified atom stereocenters. The van der Waals surface area contributed by atoms with Crippen molar-refractivity contribution in [2.75, 3.05) is 0 Å². The van der Waals surface area contributed by atoms with E-state index in [-0.39, 0.29) is 5.91 Å². The number of carbonyl (C=O) groups excluding carboxylic acids is 2. The number of rotatable bonds is 3. The lowest BCUT2D eigenvalue weighted by atomic mass is 10.0. The molecule has 0 spiro atoms. The van der Waals surface area contributed by atoms with E-state index in [4.69, 9.17) is 11.6 Å². The van der Waals surface area contributed by atoms with E-state index in [9.17, 15) is 9.59 Å². The largest absolute Gasteiger partial charge is 0.270 e. The molecule has 0 aliphatic carbocycles. The van der Waals surface area contributed by atoms with Crippen molar-refractivity contribution in [2.45, 2.75) is 13.8 Å². The zero-order chi connectivity index (χ0) is 21.3. The first-order chi connectivity index (χ1) is 14.4. The summed E-state index contributed by atoms with van der Waals surface area (Å²) >= 11 is 7.87. The zero-order valence-electron chi connectivity index (χ0n) is 16.3. The highest BCUT2D eigenvalue weighted by atomic mass is 35.5. The van der Waals surface area contributed by atoms with Gasteiger partial charge in [0.2, 0.25) is 0 Å². The minimum atomic E-state index is -0.431. The van der Waals surface area contributed by atoms with Crippen LogP contribution in [-0.2, 0) is 0 Å². The molecule has 4 aromatic rings. The van der Waals surface area contributed by atoms with Crippen LogP contribution in [0.15, 0.2) is 60.7 Å². The maximum atomic E-state index is 13.0. The average Bonchev–Trinajstić information content (AvgIpc) is 3.09. The first-order valence-corrected chi connectivity index (χ1v) is 10.5. The number of hydrogen-bond acceptors (Lipinski definition) is 4. The molecular formula is C23H18ClN3O2S. The van der Waals surface area contributed by atoms with Gasteiger partial charge in [-0.1, -0.05) is 48.0 Å². The summed E-state index contributed by atoms with van der Waals surface area (Å²) < 4.78 is 0. The second-order valence-electron chi connectivity index (χ2n) is 6.79. The third-order valence-corrected chi connectivity index (χ3v) is 5.98. The number of carbonyl (C=O) groups is 2. The number of hydrogen-bond donors (Lipinski definition) is 2. The van der Waals surface area contributed by atoms with Gasteiger partial charge in [-0.15, -0.1) is 11.3 Å². The molecule has 2 amide bonds. The fourth-order valence-corrected chi connectivity index (χ4v) is 4.43. The standard InChI is InChI=1S/C23H18ClN3O2S/c1-13-11-17(14(2)30-13)22(28)26-27-23(29)18-12-21(16-8-3-5-9-19(16)24)25-20-10-6-4-7-15(18)20/h3-12H,1-2H3,(H,26,28)(H,27,29). The molecule has 0 saturated carbocycles. The van der Waals surface area contributed by atoms with Crippen LogP contribution in [-0.4, -0.2) is 16.8 Å². The summed E-state index contributed by atoms with van der Waals surface area (Å²) in [7, 11) is 0. The SMILES string of the molecule is Cc1cc(C(=O)NNC(=O)c2cc(-c3ccccc3Cl)nc3ccccc23)c(C)s1. The molecule has 30 heavy (non-hydrogen) atoms. The van der Waals surface area contributed by atoms with Crippen molar-refractivity contribution in [3.63, 3.8) is 0 Å². The number of nitrogens with zero attached hydrogens (tertiary/aromatic N) is 1. The lowest BCUT2D eigenvalue weighted by Crippen LogP contribution is -2.41. The van der Waals surface area contributed by atoms with Crippen molar-refractivity contribution < 1.29 is 9.59 Å². The van der Waals surface area contributed by atoms with Crippen LogP contribution < -0.4 is 10.9 Å². The monoisotopic (exact) mass is 435 g/mol. The summed E-state index contributed by atoms with van der Waals surface area (Å²) in [4.78, 5) is 32.0. The molecule has 0 bridgehead atoms. The van der Waals surface area contributed by atoms with E-state index in [2.05, 4.69) is 15.8 Å². The smallest absolute Gasteiger partial charge is 0.267 e. The lowest BCUT2D eigenvalue weighted by molar-refractivity contribution is 0.0847. The van der Waals surface area contributed by atoms with Crippen molar-refractivity contribution in [1.82, 2.24) is 15.8 Å². The van der Waals surface area contributed by atoms with Crippen molar-refractivity contribution in [3.8, 4) is 11.3 Å². The van der Waals surface area contributed by atoms with Gasteiger partial charge < -0.3 is 0 Å². The number of aromatic nitrogens is 1. The molecule has 0 radical (unpaired) electrons. The molecular weight excluding hydrogens is 418 g/mol. The van der Waals surface area contributed by atoms with Gasteiger partial charge in [0.05, 0.1) is 22.3 Å². The third-order valence-electron chi connectivity index (χ3n) is 4.69. The minimum Gasteiger partial charge on any atom is -0.267 e. The van der Waals surface area contributed by atoms with Gasteiger partial charge in [-0.3, -0.25) is 20.4 Å². The number of nitrogens with one attached hydrogen (secondary N) is 2. The Kier molecular flexibility index (Phi) is 5.53. The maximum absolute atomic E-state index is 13.0. The zero-order valence-corrected chi connectivity index (χ0v) is 17.9. The van der Waals surface area contributed by atoms with Crippen molar-refractivity contribution in [3.05, 3.63) is 86.6 Å². The summed E-state index contributed by atoms with van der Waals surface area (Å²) in [5, 5.41) is 1.23. The van der Waals surface area contributed by atoms with Crippen LogP contribution in [0.25, 0.3) is 22.2 Å². The molecule has 150 valence electrons. The van der Waals surface area contributed by atoms with E-state index in [1.807, 2.05) is 56.3 Å². The number of halogens is 1. The Labute approximate surface area is 182 Å². The second kappa shape index (κ2) is 8.26. The first-order valence-electron chi connectivity index (χ1n) is 9.26. The molecule has 2 aromatic carbocycles. The highest BCUT2D eigenvalue weighted by molar-refractivity contribution is 7.12. The quantitative estimate of drug-likeness (QED) is 0.428. The molecule has 2 heterocycles. The number of benzene rings is 2. The molecule has 7 heteroatoms. The van der Waals surface area contributed by atoms with Crippen LogP contribution in [0.4, 0.5) is 0 Å². The first kappa shape index (κ1) is 20.1. The van der Waals surface area contributed by atoms with Crippen LogP contribution in [0, 0.1) is 13.8 Å². The summed E-state index contributed by atoms with van der Waals surface area (Å²) in [6, 6.07) is 18.2. The molecule has 0 saturated heterocycles. The molecule has 0 aliphatic heterocycles. The van der Waals surface area contributed by atoms with E-state index < -0.39 is 5.91 Å². The number of fused-ring (bicyclic) bond motifs is 1. The van der Waals surface area contributed by atoms with Gasteiger partial charge in [0, 0.05) is 25.7 Å². The predicted octanol–water partition coefficient (Wildman–Crippen LogP) is 5.31. The van der Waals surface area contributed by atoms with Gasteiger partial charge in [0.25, 0.3) is 11.8 Å². The Morgan fingerprint density at radius 3 is 2.27 bits per heavy atom. The van der Waals surface area contributed by atoms with Crippen LogP contribution in [0.2, 0.25) is 5.02 Å². The average molecular weight is 436 g/mol. The van der Waals surface area contributed by atoms with Crippen LogP contribution in [0.1, 0.15) is 30.5 Å². The molecule has 0 atom stereocenters. The van der Waals surface area contributed by atoms with Crippen molar-refractivity contribution in [2.24, 2.45) is 0 Å². The Balaban J connectivity index is 1.67. The van der Waals surface area contributed by atoms with E-state index in [0.29, 0.717) is 32.7 Å². The Hall–Kier alpha value is -3.22. The number of para-hydroxylation sites is 1. The molecule has 4 rings (SSSR count). The fraction of sp³-hybridized carbons (Fsp3) is 0.0870. The molecule has 2 aromatic heterocycles. The third kappa shape index (κ3) is 3.92. The van der Waals surface area contributed by atoms with E-state index in [1.54, 1.807) is 18.2 Å². The van der Waals surface area contributed by atoms with Crippen molar-refractivity contribution in [1.29, 1.82) is 0 Å². The Morgan fingerprint density at radius 2 is 1.57 bits per heavy atom. The van der Waals surface area contributed by atoms with Gasteiger partial charge in [-0.2, -0.15) is 0 Å². The van der Waals surface area contributed by atoms with Gasteiger partial charge in [-0.05, 0) is 38.1 Å². The fourth-order valence-electron chi connectivity index (χ4n) is 3.27. The second-order valence-corrected chi connectivity index (χ2v) is 8.65. The number of amides is 2. The van der Waals surface area contributed by atoms with Crippen LogP contribution >= 0.6 is 22.9 Å². The van der Waals surface area contributed by atoms with Crippen LogP contribution in [0.5, 0.6) is 0 Å². The highest BCUT2D eigenvalue weighted by Gasteiger charge is 2.17. The number of aryl methyl sites for hydroxylation is 2. The maximum Gasteiger partial charge on any atom is 0.270 e. The van der Waals surface area contributed by atoms with Crippen molar-refractivity contribution >= 4 is 45.7 Å². The van der Waals surface area contributed by atoms with E-state index >= 15 is 0 Å². The molecule has 5 nitrogen and oxygen atoms in total. The normalized spacial score (nSPS) is 10.8. The predicted molar refractivity (Wildman–Crippen MR) is 121 cm³/mol. The molecule has 2 N–H and O–H groups in total. The Bertz CT molecular complexity index is 1280. The highest BCUT2D eigenvalue weighted by Crippen LogP contribution is 2.29. The summed E-state index contributed by atoms with van der Waals surface area (Å²) in [6.07, 6.45) is 0. The number of pyridine rings is 1. The van der Waals surface area contributed by atoms with Gasteiger partial charge in [-0.25, -0.2) is 4.98 Å². The van der Waals surface area contributed by atoms with E-state index in [0.717, 1.165) is 15.3 Å².